The number of aromatic nitrogens is 1. The predicted molar refractivity (Wildman–Crippen MR) is 62.3 cm³/mol. The fourth-order valence-corrected chi connectivity index (χ4v) is 2.08. The van der Waals surface area contributed by atoms with Gasteiger partial charge in [0.2, 0.25) is 0 Å². The van der Waals surface area contributed by atoms with Crippen LogP contribution in [0, 0.1) is 0 Å². The second kappa shape index (κ2) is 3.54. The summed E-state index contributed by atoms with van der Waals surface area (Å²) in [6, 6.07) is 6.20. The highest BCUT2D eigenvalue weighted by molar-refractivity contribution is 6.08. The molecule has 2 heteroatoms. The van der Waals surface area contributed by atoms with Gasteiger partial charge in [0.25, 0.3) is 0 Å². The van der Waals surface area contributed by atoms with Crippen LogP contribution in [0.15, 0.2) is 24.4 Å². The summed E-state index contributed by atoms with van der Waals surface area (Å²) in [6.45, 7) is 3.74. The smallest absolute Gasteiger partial charge is 0.161 e. The van der Waals surface area contributed by atoms with Crippen molar-refractivity contribution in [2.75, 3.05) is 0 Å². The van der Waals surface area contributed by atoms with E-state index in [0.717, 1.165) is 22.9 Å². The molecule has 0 amide bonds. The van der Waals surface area contributed by atoms with Crippen LogP contribution in [0.1, 0.15) is 29.8 Å². The maximum atomic E-state index is 11.5. The number of carbonyl (C=O) groups is 1. The summed E-state index contributed by atoms with van der Waals surface area (Å²) in [6.07, 6.45) is 2.88. The van der Waals surface area contributed by atoms with Crippen LogP contribution >= 0.6 is 0 Å². The van der Waals surface area contributed by atoms with Gasteiger partial charge in [-0.3, -0.25) is 4.79 Å². The van der Waals surface area contributed by atoms with Gasteiger partial charge in [0.15, 0.2) is 5.78 Å². The summed E-state index contributed by atoms with van der Waals surface area (Å²) in [7, 11) is 1.98. The zero-order valence-corrected chi connectivity index (χ0v) is 9.37. The Hall–Kier alpha value is -1.57. The van der Waals surface area contributed by atoms with Crippen molar-refractivity contribution in [2.24, 2.45) is 7.05 Å². The van der Waals surface area contributed by atoms with Gasteiger partial charge in [-0.25, -0.2) is 0 Å². The summed E-state index contributed by atoms with van der Waals surface area (Å²) in [5.41, 5.74) is 3.22. The SMILES string of the molecule is CCc1cccc2c1c(C(C)=O)cn2C. The van der Waals surface area contributed by atoms with E-state index in [1.807, 2.05) is 23.9 Å². The lowest BCUT2D eigenvalue weighted by atomic mass is 10.0. The second-order valence-corrected chi connectivity index (χ2v) is 3.87. The van der Waals surface area contributed by atoms with Gasteiger partial charge < -0.3 is 4.57 Å². The Labute approximate surface area is 89.5 Å². The molecule has 0 aliphatic carbocycles. The number of Topliss-reactive ketones (excluding diaryl/α,β-unsaturated/α-hetero) is 1. The molecule has 78 valence electrons. The van der Waals surface area contributed by atoms with Crippen LogP contribution in [-0.2, 0) is 13.5 Å². The van der Waals surface area contributed by atoms with Crippen LogP contribution in [0.25, 0.3) is 10.9 Å². The molecule has 0 N–H and O–H groups in total. The number of aryl methyl sites for hydroxylation is 2. The van der Waals surface area contributed by atoms with E-state index >= 15 is 0 Å². The highest BCUT2D eigenvalue weighted by Crippen LogP contribution is 2.25. The van der Waals surface area contributed by atoms with E-state index < -0.39 is 0 Å². The van der Waals surface area contributed by atoms with Crippen molar-refractivity contribution >= 4 is 16.7 Å². The highest BCUT2D eigenvalue weighted by Gasteiger charge is 2.12. The Morgan fingerprint density at radius 3 is 2.73 bits per heavy atom. The molecule has 1 aromatic heterocycles. The summed E-state index contributed by atoms with van der Waals surface area (Å²) in [5.74, 6) is 0.140. The monoisotopic (exact) mass is 201 g/mol. The molecule has 0 radical (unpaired) electrons. The number of nitrogens with zero attached hydrogens (tertiary/aromatic N) is 1. The van der Waals surface area contributed by atoms with Gasteiger partial charge in [-0.1, -0.05) is 19.1 Å². The zero-order valence-electron chi connectivity index (χ0n) is 9.37. The molecule has 0 saturated carbocycles. The molecule has 0 aliphatic heterocycles. The van der Waals surface area contributed by atoms with Gasteiger partial charge in [-0.2, -0.15) is 0 Å². The number of fused-ring (bicyclic) bond motifs is 1. The molecular weight excluding hydrogens is 186 g/mol. The van der Waals surface area contributed by atoms with Crippen LogP contribution < -0.4 is 0 Å². The Kier molecular flexibility index (Phi) is 2.35. The van der Waals surface area contributed by atoms with Crippen molar-refractivity contribution in [1.29, 1.82) is 0 Å². The Balaban J connectivity index is 2.88. The van der Waals surface area contributed by atoms with Gasteiger partial charge in [-0.15, -0.1) is 0 Å². The molecule has 2 rings (SSSR count). The fraction of sp³-hybridized carbons (Fsp3) is 0.308. The van der Waals surface area contributed by atoms with Crippen LogP contribution in [-0.4, -0.2) is 10.4 Å². The molecule has 2 nitrogen and oxygen atoms in total. The lowest BCUT2D eigenvalue weighted by Crippen LogP contribution is -1.91. The van der Waals surface area contributed by atoms with E-state index in [1.54, 1.807) is 6.92 Å². The van der Waals surface area contributed by atoms with Gasteiger partial charge in [0, 0.05) is 29.7 Å². The molecule has 0 fully saturated rings. The normalized spacial score (nSPS) is 10.9. The highest BCUT2D eigenvalue weighted by atomic mass is 16.1. The van der Waals surface area contributed by atoms with Crippen LogP contribution in [0.5, 0.6) is 0 Å². The zero-order chi connectivity index (χ0) is 11.0. The van der Waals surface area contributed by atoms with Crippen LogP contribution in [0.2, 0.25) is 0 Å². The van der Waals surface area contributed by atoms with E-state index in [-0.39, 0.29) is 5.78 Å². The molecule has 0 spiro atoms. The predicted octanol–water partition coefficient (Wildman–Crippen LogP) is 2.94. The molecule has 2 aromatic rings. The summed E-state index contributed by atoms with van der Waals surface area (Å²) < 4.78 is 2.02. The first kappa shape index (κ1) is 9.97. The number of ketones is 1. The van der Waals surface area contributed by atoms with E-state index in [0.29, 0.717) is 0 Å². The molecule has 0 atom stereocenters. The lowest BCUT2D eigenvalue weighted by molar-refractivity contribution is 0.101. The number of rotatable bonds is 2. The molecule has 0 aliphatic rings. The first-order valence-electron chi connectivity index (χ1n) is 5.23. The van der Waals surface area contributed by atoms with Crippen LogP contribution in [0.4, 0.5) is 0 Å². The number of hydrogen-bond acceptors (Lipinski definition) is 1. The topological polar surface area (TPSA) is 22.0 Å². The van der Waals surface area contributed by atoms with E-state index in [1.165, 1.54) is 5.56 Å². The van der Waals surface area contributed by atoms with Crippen molar-refractivity contribution < 1.29 is 4.79 Å². The number of benzene rings is 1. The van der Waals surface area contributed by atoms with Crippen molar-refractivity contribution in [3.05, 3.63) is 35.5 Å². The Morgan fingerprint density at radius 1 is 1.40 bits per heavy atom. The average Bonchev–Trinajstić information content (AvgIpc) is 2.56. The first-order valence-corrected chi connectivity index (χ1v) is 5.23. The van der Waals surface area contributed by atoms with Crippen LogP contribution in [0.3, 0.4) is 0 Å². The third-order valence-electron chi connectivity index (χ3n) is 2.86. The summed E-state index contributed by atoms with van der Waals surface area (Å²) >= 11 is 0. The number of carbonyl (C=O) groups excluding carboxylic acids is 1. The maximum absolute atomic E-state index is 11.5. The molecule has 1 aromatic carbocycles. The minimum atomic E-state index is 0.140. The van der Waals surface area contributed by atoms with Crippen molar-refractivity contribution in [2.45, 2.75) is 20.3 Å². The van der Waals surface area contributed by atoms with E-state index in [4.69, 9.17) is 0 Å². The molecule has 15 heavy (non-hydrogen) atoms. The molecule has 0 saturated heterocycles. The lowest BCUT2D eigenvalue weighted by Gasteiger charge is -2.01. The second-order valence-electron chi connectivity index (χ2n) is 3.87. The standard InChI is InChI=1S/C13H15NO/c1-4-10-6-5-7-12-13(10)11(9(2)15)8-14(12)3/h5-8H,4H2,1-3H3. The first-order chi connectivity index (χ1) is 7.15. The fourth-order valence-electron chi connectivity index (χ4n) is 2.08. The molecule has 0 unspecified atom stereocenters. The van der Waals surface area contributed by atoms with Crippen molar-refractivity contribution in [1.82, 2.24) is 4.57 Å². The van der Waals surface area contributed by atoms with Crippen molar-refractivity contribution in [3.63, 3.8) is 0 Å². The summed E-state index contributed by atoms with van der Waals surface area (Å²) in [4.78, 5) is 11.5. The summed E-state index contributed by atoms with van der Waals surface area (Å²) in [5, 5.41) is 1.12. The third kappa shape index (κ3) is 1.46. The minimum absolute atomic E-state index is 0.140. The third-order valence-corrected chi connectivity index (χ3v) is 2.86. The van der Waals surface area contributed by atoms with Gasteiger partial charge in [-0.05, 0) is 25.0 Å². The van der Waals surface area contributed by atoms with E-state index in [9.17, 15) is 4.79 Å². The van der Waals surface area contributed by atoms with Gasteiger partial charge in [0.05, 0.1) is 0 Å². The number of hydrogen-bond donors (Lipinski definition) is 0. The maximum Gasteiger partial charge on any atom is 0.161 e. The largest absolute Gasteiger partial charge is 0.350 e. The van der Waals surface area contributed by atoms with Gasteiger partial charge in [0.1, 0.15) is 0 Å². The minimum Gasteiger partial charge on any atom is -0.350 e. The Bertz CT molecular complexity index is 523. The average molecular weight is 201 g/mol. The molecular formula is C13H15NO. The van der Waals surface area contributed by atoms with Gasteiger partial charge >= 0.3 is 0 Å². The Morgan fingerprint density at radius 2 is 2.13 bits per heavy atom. The van der Waals surface area contributed by atoms with E-state index in [2.05, 4.69) is 19.1 Å². The quantitative estimate of drug-likeness (QED) is 0.685. The molecule has 1 heterocycles. The van der Waals surface area contributed by atoms with Crippen molar-refractivity contribution in [3.8, 4) is 0 Å². The molecule has 0 bridgehead atoms.